The lowest BCUT2D eigenvalue weighted by molar-refractivity contribution is 0.467. The summed E-state index contributed by atoms with van der Waals surface area (Å²) in [4.78, 5) is 4.68. The van der Waals surface area contributed by atoms with E-state index in [1.807, 2.05) is 30.3 Å². The summed E-state index contributed by atoms with van der Waals surface area (Å²) in [5.74, 6) is 0.728. The number of thiophene rings is 1. The van der Waals surface area contributed by atoms with E-state index in [1.54, 1.807) is 23.8 Å². The molecule has 0 amide bonds. The topological polar surface area (TPSA) is 79.6 Å². The van der Waals surface area contributed by atoms with Gasteiger partial charge in [0.2, 0.25) is 0 Å². The molecule has 0 bridgehead atoms. The highest BCUT2D eigenvalue weighted by Gasteiger charge is 2.22. The van der Waals surface area contributed by atoms with Gasteiger partial charge in [0, 0.05) is 36.8 Å². The van der Waals surface area contributed by atoms with E-state index in [-0.39, 0.29) is 4.21 Å². The molecule has 1 aromatic carbocycles. The molecule has 0 radical (unpaired) electrons. The van der Waals surface area contributed by atoms with E-state index in [0.717, 1.165) is 27.2 Å². The molecule has 12 heteroatoms. The number of aromatic nitrogens is 3. The summed E-state index contributed by atoms with van der Waals surface area (Å²) in [7, 11) is -1.99. The van der Waals surface area contributed by atoms with Crippen LogP contribution in [-0.2, 0) is 10.0 Å². The van der Waals surface area contributed by atoms with Crippen LogP contribution in [0.1, 0.15) is 6.42 Å². The first-order valence-corrected chi connectivity index (χ1v) is 13.3. The summed E-state index contributed by atoms with van der Waals surface area (Å²) in [5.41, 5.74) is 2.17. The van der Waals surface area contributed by atoms with Gasteiger partial charge in [-0.25, -0.2) is 17.7 Å². The van der Waals surface area contributed by atoms with Crippen LogP contribution >= 0.6 is 50.5 Å². The van der Waals surface area contributed by atoms with E-state index in [9.17, 15) is 8.42 Å². The lowest BCUT2D eigenvalue weighted by atomic mass is 10.1. The third kappa shape index (κ3) is 4.80. The van der Waals surface area contributed by atoms with Crippen molar-refractivity contribution in [3.8, 4) is 11.3 Å². The highest BCUT2D eigenvalue weighted by atomic mass is 79.9. The standard InChI is InChI=1S/C20H18BrCl2N5O2S2/c1-27(32(29,30)19-8-7-17(23)31-19)10-4-9-24-18-11-16(13-5-2-3-6-15(13)22)26-20-14(21)12-25-28(18)20/h2-3,5-8,11-12,24H,4,9-10H2,1H3. The van der Waals surface area contributed by atoms with Crippen LogP contribution in [0.5, 0.6) is 0 Å². The molecule has 3 heterocycles. The lowest BCUT2D eigenvalue weighted by Crippen LogP contribution is -2.28. The minimum atomic E-state index is -3.55. The zero-order valence-corrected chi connectivity index (χ0v) is 21.5. The van der Waals surface area contributed by atoms with Crippen molar-refractivity contribution in [3.05, 3.63) is 62.5 Å². The third-order valence-corrected chi connectivity index (χ3v) is 9.19. The maximum absolute atomic E-state index is 12.6. The van der Waals surface area contributed by atoms with Crippen LogP contribution in [0, 0.1) is 0 Å². The van der Waals surface area contributed by atoms with Crippen LogP contribution in [0.15, 0.2) is 57.3 Å². The van der Waals surface area contributed by atoms with Gasteiger partial charge < -0.3 is 5.32 Å². The van der Waals surface area contributed by atoms with Gasteiger partial charge in [-0.3, -0.25) is 0 Å². The Balaban J connectivity index is 1.49. The lowest BCUT2D eigenvalue weighted by Gasteiger charge is -2.16. The summed E-state index contributed by atoms with van der Waals surface area (Å²) in [6.07, 6.45) is 2.26. The smallest absolute Gasteiger partial charge is 0.252 e. The molecule has 0 fully saturated rings. The number of anilines is 1. The van der Waals surface area contributed by atoms with Gasteiger partial charge in [0.15, 0.2) is 5.65 Å². The number of nitrogens with zero attached hydrogens (tertiary/aromatic N) is 4. The number of nitrogens with one attached hydrogen (secondary N) is 1. The third-order valence-electron chi connectivity index (χ3n) is 4.75. The maximum atomic E-state index is 12.6. The van der Waals surface area contributed by atoms with E-state index in [2.05, 4.69) is 31.3 Å². The number of fused-ring (bicyclic) bond motifs is 1. The van der Waals surface area contributed by atoms with E-state index >= 15 is 0 Å². The number of sulfonamides is 1. The number of benzene rings is 1. The Bertz CT molecular complexity index is 1370. The summed E-state index contributed by atoms with van der Waals surface area (Å²) in [6, 6.07) is 12.5. The zero-order valence-electron chi connectivity index (χ0n) is 16.8. The molecule has 0 unspecified atom stereocenters. The average Bonchev–Trinajstić information content (AvgIpc) is 3.37. The summed E-state index contributed by atoms with van der Waals surface area (Å²) < 4.78 is 29.7. The van der Waals surface area contributed by atoms with Crippen molar-refractivity contribution in [1.29, 1.82) is 0 Å². The predicted molar refractivity (Wildman–Crippen MR) is 133 cm³/mol. The van der Waals surface area contributed by atoms with Gasteiger partial charge in [0.1, 0.15) is 10.0 Å². The second kappa shape index (κ2) is 9.66. The molecular formula is C20H18BrCl2N5O2S2. The summed E-state index contributed by atoms with van der Waals surface area (Å²) in [5, 5.41) is 8.31. The second-order valence-corrected chi connectivity index (χ2v) is 12.1. The van der Waals surface area contributed by atoms with E-state index in [1.165, 1.54) is 10.4 Å². The first kappa shape index (κ1) is 23.5. The van der Waals surface area contributed by atoms with Crippen molar-refractivity contribution in [2.75, 3.05) is 25.5 Å². The van der Waals surface area contributed by atoms with Gasteiger partial charge in [0.05, 0.1) is 20.7 Å². The molecule has 4 rings (SSSR count). The molecule has 0 aliphatic heterocycles. The normalized spacial score (nSPS) is 12.0. The average molecular weight is 575 g/mol. The molecule has 0 spiro atoms. The van der Waals surface area contributed by atoms with Gasteiger partial charge in [-0.05, 0) is 40.5 Å². The first-order chi connectivity index (χ1) is 15.3. The Hall–Kier alpha value is -1.69. The molecule has 0 saturated carbocycles. The molecule has 3 aromatic heterocycles. The van der Waals surface area contributed by atoms with E-state index in [4.69, 9.17) is 23.2 Å². The number of hydrogen-bond acceptors (Lipinski definition) is 6. The van der Waals surface area contributed by atoms with Crippen LogP contribution in [0.3, 0.4) is 0 Å². The minimum Gasteiger partial charge on any atom is -0.370 e. The molecule has 4 aromatic rings. The zero-order chi connectivity index (χ0) is 22.9. The molecular weight excluding hydrogens is 557 g/mol. The monoisotopic (exact) mass is 573 g/mol. The Morgan fingerprint density at radius 2 is 2.00 bits per heavy atom. The van der Waals surface area contributed by atoms with Gasteiger partial charge >= 0.3 is 0 Å². The molecule has 0 aliphatic rings. The van der Waals surface area contributed by atoms with Gasteiger partial charge in [-0.1, -0.05) is 41.4 Å². The molecule has 168 valence electrons. The number of hydrogen-bond donors (Lipinski definition) is 1. The maximum Gasteiger partial charge on any atom is 0.252 e. The molecule has 32 heavy (non-hydrogen) atoms. The Morgan fingerprint density at radius 3 is 2.72 bits per heavy atom. The van der Waals surface area contributed by atoms with Crippen LogP contribution in [0.4, 0.5) is 5.82 Å². The first-order valence-electron chi connectivity index (χ1n) is 9.52. The molecule has 1 N–H and O–H groups in total. The fraction of sp³-hybridized carbons (Fsp3) is 0.200. The van der Waals surface area contributed by atoms with Crippen LogP contribution in [0.25, 0.3) is 16.9 Å². The van der Waals surface area contributed by atoms with Crippen molar-refractivity contribution in [1.82, 2.24) is 18.9 Å². The molecule has 0 aliphatic carbocycles. The summed E-state index contributed by atoms with van der Waals surface area (Å²) in [6.45, 7) is 0.878. The highest BCUT2D eigenvalue weighted by Crippen LogP contribution is 2.30. The fourth-order valence-corrected chi connectivity index (χ4v) is 6.58. The van der Waals surface area contributed by atoms with Crippen LogP contribution in [-0.4, -0.2) is 47.5 Å². The van der Waals surface area contributed by atoms with Gasteiger partial charge in [-0.15, -0.1) is 11.3 Å². The van der Waals surface area contributed by atoms with E-state index in [0.29, 0.717) is 40.2 Å². The van der Waals surface area contributed by atoms with Crippen LogP contribution in [0.2, 0.25) is 9.36 Å². The molecule has 7 nitrogen and oxygen atoms in total. The quantitative estimate of drug-likeness (QED) is 0.275. The SMILES string of the molecule is CN(CCCNc1cc(-c2ccccc2Cl)nc2c(Br)cnn12)S(=O)(=O)c1ccc(Cl)s1. The van der Waals surface area contributed by atoms with Crippen molar-refractivity contribution < 1.29 is 8.42 Å². The fourth-order valence-electron chi connectivity index (χ4n) is 3.10. The van der Waals surface area contributed by atoms with Crippen molar-refractivity contribution in [2.24, 2.45) is 0 Å². The van der Waals surface area contributed by atoms with E-state index < -0.39 is 10.0 Å². The van der Waals surface area contributed by atoms with Crippen LogP contribution < -0.4 is 5.32 Å². The molecule has 0 atom stereocenters. The second-order valence-electron chi connectivity index (χ2n) is 6.90. The minimum absolute atomic E-state index is 0.236. The van der Waals surface area contributed by atoms with Crippen molar-refractivity contribution in [2.45, 2.75) is 10.6 Å². The summed E-state index contributed by atoms with van der Waals surface area (Å²) >= 11 is 16.8. The Kier molecular flexibility index (Phi) is 7.09. The Morgan fingerprint density at radius 1 is 1.22 bits per heavy atom. The van der Waals surface area contributed by atoms with Gasteiger partial charge in [0.25, 0.3) is 10.0 Å². The number of rotatable bonds is 8. The largest absolute Gasteiger partial charge is 0.370 e. The van der Waals surface area contributed by atoms with Crippen molar-refractivity contribution in [3.63, 3.8) is 0 Å². The highest BCUT2D eigenvalue weighted by molar-refractivity contribution is 9.10. The molecule has 0 saturated heterocycles. The predicted octanol–water partition coefficient (Wildman–Crippen LogP) is 5.65. The Labute approximate surface area is 208 Å². The van der Waals surface area contributed by atoms with Gasteiger partial charge in [-0.2, -0.15) is 9.61 Å². The number of halogens is 3. The van der Waals surface area contributed by atoms with Crippen molar-refractivity contribution >= 4 is 72.0 Å².